The van der Waals surface area contributed by atoms with E-state index in [1.54, 1.807) is 0 Å². The lowest BCUT2D eigenvalue weighted by atomic mass is 10.1. The standard InChI is InChI=1S/C9H11N3O3/c10-7-5-1-3-15-4-2-6(5)11-8(12-7)9(13)14/h1-4H2,(H,13,14)(H2,10,11,12). The molecule has 0 amide bonds. The minimum atomic E-state index is -1.16. The highest BCUT2D eigenvalue weighted by Gasteiger charge is 2.17. The molecule has 3 N–H and O–H groups in total. The van der Waals surface area contributed by atoms with Crippen molar-refractivity contribution in [1.82, 2.24) is 9.97 Å². The van der Waals surface area contributed by atoms with Gasteiger partial charge < -0.3 is 15.6 Å². The Morgan fingerprint density at radius 2 is 2.07 bits per heavy atom. The van der Waals surface area contributed by atoms with Crippen molar-refractivity contribution in [2.24, 2.45) is 0 Å². The van der Waals surface area contributed by atoms with E-state index in [0.29, 0.717) is 31.7 Å². The van der Waals surface area contributed by atoms with Gasteiger partial charge in [-0.1, -0.05) is 0 Å². The fourth-order valence-electron chi connectivity index (χ4n) is 1.57. The summed E-state index contributed by atoms with van der Waals surface area (Å²) in [5.74, 6) is -1.15. The van der Waals surface area contributed by atoms with E-state index in [2.05, 4.69) is 9.97 Å². The zero-order valence-electron chi connectivity index (χ0n) is 8.06. The fraction of sp³-hybridized carbons (Fsp3) is 0.444. The van der Waals surface area contributed by atoms with E-state index in [-0.39, 0.29) is 11.6 Å². The van der Waals surface area contributed by atoms with Crippen LogP contribution in [-0.4, -0.2) is 34.3 Å². The number of aromatic carboxylic acids is 1. The Labute approximate surface area is 86.1 Å². The first-order valence-electron chi connectivity index (χ1n) is 4.65. The second-order valence-electron chi connectivity index (χ2n) is 3.28. The topological polar surface area (TPSA) is 98.3 Å². The molecule has 80 valence electrons. The van der Waals surface area contributed by atoms with E-state index in [9.17, 15) is 4.79 Å². The minimum absolute atomic E-state index is 0.242. The van der Waals surface area contributed by atoms with E-state index in [4.69, 9.17) is 15.6 Å². The number of anilines is 1. The molecule has 1 aromatic heterocycles. The molecule has 1 aliphatic rings. The molecule has 15 heavy (non-hydrogen) atoms. The molecule has 0 bridgehead atoms. The lowest BCUT2D eigenvalue weighted by Gasteiger charge is -2.07. The average Bonchev–Trinajstić information content (AvgIpc) is 2.42. The monoisotopic (exact) mass is 209 g/mol. The quantitative estimate of drug-likeness (QED) is 0.668. The Bertz CT molecular complexity index is 406. The first-order chi connectivity index (χ1) is 7.18. The summed E-state index contributed by atoms with van der Waals surface area (Å²) < 4.78 is 5.26. The van der Waals surface area contributed by atoms with Gasteiger partial charge in [0, 0.05) is 18.4 Å². The van der Waals surface area contributed by atoms with Crippen LogP contribution in [0.25, 0.3) is 0 Å². The maximum Gasteiger partial charge on any atom is 0.374 e. The van der Waals surface area contributed by atoms with Gasteiger partial charge in [-0.15, -0.1) is 0 Å². The largest absolute Gasteiger partial charge is 0.475 e. The summed E-state index contributed by atoms with van der Waals surface area (Å²) in [6.07, 6.45) is 1.23. The molecule has 6 heteroatoms. The summed E-state index contributed by atoms with van der Waals surface area (Å²) in [5, 5.41) is 8.77. The van der Waals surface area contributed by atoms with Crippen LogP contribution in [-0.2, 0) is 17.6 Å². The SMILES string of the molecule is Nc1nc(C(=O)O)nc2c1CCOCC2. The van der Waals surface area contributed by atoms with E-state index in [1.807, 2.05) is 0 Å². The lowest BCUT2D eigenvalue weighted by molar-refractivity contribution is 0.0683. The van der Waals surface area contributed by atoms with Crippen molar-refractivity contribution in [3.05, 3.63) is 17.1 Å². The molecule has 0 fully saturated rings. The number of carbonyl (C=O) groups is 1. The molecule has 2 rings (SSSR count). The molecule has 1 aromatic rings. The highest BCUT2D eigenvalue weighted by atomic mass is 16.5. The molecule has 6 nitrogen and oxygen atoms in total. The molecule has 0 radical (unpaired) electrons. The number of nitrogens with two attached hydrogens (primary N) is 1. The van der Waals surface area contributed by atoms with Crippen molar-refractivity contribution < 1.29 is 14.6 Å². The maximum absolute atomic E-state index is 10.7. The number of hydrogen-bond acceptors (Lipinski definition) is 5. The first-order valence-corrected chi connectivity index (χ1v) is 4.65. The lowest BCUT2D eigenvalue weighted by Crippen LogP contribution is -2.13. The Hall–Kier alpha value is -1.69. The molecule has 2 heterocycles. The van der Waals surface area contributed by atoms with Crippen molar-refractivity contribution in [2.45, 2.75) is 12.8 Å². The predicted octanol–water partition coefficient (Wildman–Crippen LogP) is -0.128. The Morgan fingerprint density at radius 3 is 2.80 bits per heavy atom. The van der Waals surface area contributed by atoms with Gasteiger partial charge in [0.1, 0.15) is 5.82 Å². The Kier molecular flexibility index (Phi) is 2.51. The zero-order chi connectivity index (χ0) is 10.8. The number of carboxylic acid groups (broad SMARTS) is 1. The second-order valence-corrected chi connectivity index (χ2v) is 3.28. The second kappa shape index (κ2) is 3.82. The zero-order valence-corrected chi connectivity index (χ0v) is 8.06. The predicted molar refractivity (Wildman–Crippen MR) is 51.6 cm³/mol. The van der Waals surface area contributed by atoms with E-state index in [1.165, 1.54) is 0 Å². The molecule has 0 aromatic carbocycles. The van der Waals surface area contributed by atoms with Gasteiger partial charge >= 0.3 is 5.97 Å². The number of aromatic nitrogens is 2. The van der Waals surface area contributed by atoms with Crippen molar-refractivity contribution >= 4 is 11.8 Å². The number of ether oxygens (including phenoxy) is 1. The number of nitrogens with zero attached hydrogens (tertiary/aromatic N) is 2. The van der Waals surface area contributed by atoms with Gasteiger partial charge in [0.2, 0.25) is 5.82 Å². The first kappa shape index (κ1) is 9.85. The van der Waals surface area contributed by atoms with Crippen LogP contribution in [0.15, 0.2) is 0 Å². The van der Waals surface area contributed by atoms with Crippen LogP contribution >= 0.6 is 0 Å². The van der Waals surface area contributed by atoms with Crippen molar-refractivity contribution in [1.29, 1.82) is 0 Å². The number of carboxylic acids is 1. The van der Waals surface area contributed by atoms with Crippen molar-refractivity contribution in [2.75, 3.05) is 18.9 Å². The fourth-order valence-corrected chi connectivity index (χ4v) is 1.57. The van der Waals surface area contributed by atoms with Crippen molar-refractivity contribution in [3.63, 3.8) is 0 Å². The van der Waals surface area contributed by atoms with Crippen LogP contribution < -0.4 is 5.73 Å². The van der Waals surface area contributed by atoms with Crippen LogP contribution in [0.2, 0.25) is 0 Å². The molecular formula is C9H11N3O3. The number of hydrogen-bond donors (Lipinski definition) is 2. The van der Waals surface area contributed by atoms with Gasteiger partial charge in [-0.25, -0.2) is 14.8 Å². The number of nitrogen functional groups attached to an aromatic ring is 1. The van der Waals surface area contributed by atoms with E-state index in [0.717, 1.165) is 5.56 Å². The van der Waals surface area contributed by atoms with Crippen LogP contribution in [0, 0.1) is 0 Å². The Balaban J connectivity index is 2.48. The molecular weight excluding hydrogens is 198 g/mol. The number of fused-ring (bicyclic) bond motifs is 1. The van der Waals surface area contributed by atoms with E-state index >= 15 is 0 Å². The molecule has 0 aliphatic carbocycles. The van der Waals surface area contributed by atoms with Gasteiger partial charge in [0.25, 0.3) is 0 Å². The van der Waals surface area contributed by atoms with Gasteiger partial charge in [0.05, 0.1) is 18.9 Å². The highest BCUT2D eigenvalue weighted by Crippen LogP contribution is 2.17. The third-order valence-corrected chi connectivity index (χ3v) is 2.30. The molecule has 0 saturated heterocycles. The van der Waals surface area contributed by atoms with E-state index < -0.39 is 5.97 Å². The third kappa shape index (κ3) is 1.89. The summed E-state index contributed by atoms with van der Waals surface area (Å²) >= 11 is 0. The van der Waals surface area contributed by atoms with Crippen LogP contribution in [0.1, 0.15) is 21.9 Å². The van der Waals surface area contributed by atoms with Crippen LogP contribution in [0.3, 0.4) is 0 Å². The van der Waals surface area contributed by atoms with Gasteiger partial charge in [-0.2, -0.15) is 0 Å². The molecule has 0 saturated carbocycles. The Morgan fingerprint density at radius 1 is 1.33 bits per heavy atom. The summed E-state index contributed by atoms with van der Waals surface area (Å²) in [6, 6.07) is 0. The van der Waals surface area contributed by atoms with Crippen LogP contribution in [0.5, 0.6) is 0 Å². The summed E-state index contributed by atoms with van der Waals surface area (Å²) in [7, 11) is 0. The summed E-state index contributed by atoms with van der Waals surface area (Å²) in [4.78, 5) is 18.4. The molecule has 0 unspecified atom stereocenters. The molecule has 0 atom stereocenters. The molecule has 1 aliphatic heterocycles. The summed E-state index contributed by atoms with van der Waals surface area (Å²) in [5.41, 5.74) is 7.19. The number of rotatable bonds is 1. The highest BCUT2D eigenvalue weighted by molar-refractivity contribution is 5.83. The van der Waals surface area contributed by atoms with Crippen LogP contribution in [0.4, 0.5) is 5.82 Å². The third-order valence-electron chi connectivity index (χ3n) is 2.30. The maximum atomic E-state index is 10.7. The minimum Gasteiger partial charge on any atom is -0.475 e. The van der Waals surface area contributed by atoms with Crippen molar-refractivity contribution in [3.8, 4) is 0 Å². The smallest absolute Gasteiger partial charge is 0.374 e. The van der Waals surface area contributed by atoms with Gasteiger partial charge in [-0.3, -0.25) is 0 Å². The normalized spacial score (nSPS) is 15.5. The van der Waals surface area contributed by atoms with Gasteiger partial charge in [-0.05, 0) is 0 Å². The molecule has 0 spiro atoms. The average molecular weight is 209 g/mol. The summed E-state index contributed by atoms with van der Waals surface area (Å²) in [6.45, 7) is 1.12. The van der Waals surface area contributed by atoms with Gasteiger partial charge in [0.15, 0.2) is 0 Å².